The monoisotopic (exact) mass is 158 g/mol. The molecule has 0 saturated carbocycles. The molecule has 0 saturated heterocycles. The van der Waals surface area contributed by atoms with Crippen LogP contribution in [0.25, 0.3) is 0 Å². The Labute approximate surface area is 65.9 Å². The maximum atomic E-state index is 11.0. The van der Waals surface area contributed by atoms with Crippen molar-refractivity contribution < 1.29 is 9.59 Å². The Balaban J connectivity index is 3.85. The maximum absolute atomic E-state index is 11.0. The average Bonchev–Trinajstić information content (AvgIpc) is 1.87. The van der Waals surface area contributed by atoms with Crippen LogP contribution in [0.5, 0.6) is 0 Å². The van der Waals surface area contributed by atoms with Gasteiger partial charge >= 0.3 is 0 Å². The number of nitrogens with two attached hydrogens (primary N) is 2. The molecule has 0 spiro atoms. The van der Waals surface area contributed by atoms with E-state index in [9.17, 15) is 9.59 Å². The second-order valence-electron chi connectivity index (χ2n) is 2.83. The van der Waals surface area contributed by atoms with E-state index in [2.05, 4.69) is 0 Å². The molecule has 0 aromatic rings. The summed E-state index contributed by atoms with van der Waals surface area (Å²) in [5.41, 5.74) is 10.1. The highest BCUT2D eigenvalue weighted by Crippen LogP contribution is 2.00. The first-order chi connectivity index (χ1) is 4.95. The molecule has 1 unspecified atom stereocenters. The van der Waals surface area contributed by atoms with E-state index in [0.29, 0.717) is 0 Å². The van der Waals surface area contributed by atoms with Crippen LogP contribution in [0.1, 0.15) is 20.3 Å². The Hall–Kier alpha value is -0.900. The van der Waals surface area contributed by atoms with E-state index in [0.717, 1.165) is 0 Å². The number of carbonyl (C=O) groups is 2. The van der Waals surface area contributed by atoms with Gasteiger partial charge in [-0.25, -0.2) is 0 Å². The van der Waals surface area contributed by atoms with E-state index in [1.165, 1.54) is 0 Å². The highest BCUT2D eigenvalue weighted by Gasteiger charge is 2.16. The van der Waals surface area contributed by atoms with Crippen molar-refractivity contribution in [2.75, 3.05) is 0 Å². The van der Waals surface area contributed by atoms with Crippen LogP contribution in [0.3, 0.4) is 0 Å². The van der Waals surface area contributed by atoms with Gasteiger partial charge in [0.25, 0.3) is 0 Å². The minimum Gasteiger partial charge on any atom is -0.368 e. The summed E-state index contributed by atoms with van der Waals surface area (Å²) in [5.74, 6) is -0.740. The smallest absolute Gasteiger partial charge is 0.234 e. The van der Waals surface area contributed by atoms with Crippen molar-refractivity contribution in [3.8, 4) is 0 Å². The van der Waals surface area contributed by atoms with E-state index >= 15 is 0 Å². The van der Waals surface area contributed by atoms with Crippen LogP contribution < -0.4 is 11.5 Å². The Morgan fingerprint density at radius 3 is 2.09 bits per heavy atom. The normalized spacial score (nSPS) is 13.1. The van der Waals surface area contributed by atoms with Crippen molar-refractivity contribution in [2.24, 2.45) is 17.4 Å². The Kier molecular flexibility index (Phi) is 3.74. The molecular weight excluding hydrogens is 144 g/mol. The highest BCUT2D eigenvalue weighted by atomic mass is 16.1. The third-order valence-electron chi connectivity index (χ3n) is 1.43. The summed E-state index contributed by atoms with van der Waals surface area (Å²) in [6.45, 7) is 3.52. The van der Waals surface area contributed by atoms with Gasteiger partial charge in [-0.05, 0) is 0 Å². The molecule has 0 rings (SSSR count). The molecule has 0 aliphatic carbocycles. The van der Waals surface area contributed by atoms with Gasteiger partial charge in [0.1, 0.15) is 5.78 Å². The van der Waals surface area contributed by atoms with Crippen LogP contribution in [0, 0.1) is 5.92 Å². The van der Waals surface area contributed by atoms with E-state index in [1.54, 1.807) is 13.8 Å². The summed E-state index contributed by atoms with van der Waals surface area (Å²) in [7, 11) is 0. The van der Waals surface area contributed by atoms with E-state index < -0.39 is 11.9 Å². The predicted molar refractivity (Wildman–Crippen MR) is 41.6 cm³/mol. The van der Waals surface area contributed by atoms with Crippen molar-refractivity contribution in [3.63, 3.8) is 0 Å². The lowest BCUT2D eigenvalue weighted by Crippen LogP contribution is -2.38. The third kappa shape index (κ3) is 3.72. The molecule has 64 valence electrons. The van der Waals surface area contributed by atoms with Crippen LogP contribution in [-0.2, 0) is 9.59 Å². The van der Waals surface area contributed by atoms with Crippen molar-refractivity contribution >= 4 is 11.7 Å². The van der Waals surface area contributed by atoms with E-state index in [1.807, 2.05) is 0 Å². The fourth-order valence-electron chi connectivity index (χ4n) is 0.553. The quantitative estimate of drug-likeness (QED) is 0.573. The van der Waals surface area contributed by atoms with Gasteiger partial charge in [-0.3, -0.25) is 9.59 Å². The minimum atomic E-state index is -0.829. The second kappa shape index (κ2) is 4.08. The first kappa shape index (κ1) is 10.1. The topological polar surface area (TPSA) is 86.2 Å². The largest absolute Gasteiger partial charge is 0.368 e. The van der Waals surface area contributed by atoms with Crippen LogP contribution in [-0.4, -0.2) is 17.7 Å². The zero-order chi connectivity index (χ0) is 9.02. The highest BCUT2D eigenvalue weighted by molar-refractivity contribution is 5.88. The van der Waals surface area contributed by atoms with Crippen molar-refractivity contribution in [2.45, 2.75) is 26.3 Å². The minimum absolute atomic E-state index is 0.0312. The first-order valence-electron chi connectivity index (χ1n) is 3.52. The summed E-state index contributed by atoms with van der Waals surface area (Å²) in [5, 5.41) is 0. The van der Waals surface area contributed by atoms with E-state index in [-0.39, 0.29) is 18.1 Å². The molecule has 0 aliphatic rings. The van der Waals surface area contributed by atoms with Gasteiger partial charge < -0.3 is 11.5 Å². The molecule has 1 amide bonds. The molecule has 1 atom stereocenters. The molecule has 0 aliphatic heterocycles. The lowest BCUT2D eigenvalue weighted by Gasteiger charge is -2.07. The third-order valence-corrected chi connectivity index (χ3v) is 1.43. The Morgan fingerprint density at radius 2 is 1.82 bits per heavy atom. The molecule has 0 bridgehead atoms. The number of amides is 1. The fourth-order valence-corrected chi connectivity index (χ4v) is 0.553. The lowest BCUT2D eigenvalue weighted by molar-refractivity contribution is -0.126. The summed E-state index contributed by atoms with van der Waals surface area (Å²) in [4.78, 5) is 21.4. The number of rotatable bonds is 4. The lowest BCUT2D eigenvalue weighted by atomic mass is 10.0. The molecule has 4 heteroatoms. The zero-order valence-corrected chi connectivity index (χ0v) is 6.83. The second-order valence-corrected chi connectivity index (χ2v) is 2.83. The van der Waals surface area contributed by atoms with Crippen LogP contribution in [0.15, 0.2) is 0 Å². The van der Waals surface area contributed by atoms with Crippen molar-refractivity contribution in [1.82, 2.24) is 0 Å². The summed E-state index contributed by atoms with van der Waals surface area (Å²) in [6, 6.07) is -0.829. The van der Waals surface area contributed by atoms with Gasteiger partial charge in [0.2, 0.25) is 5.91 Å². The molecule has 0 radical (unpaired) electrons. The molecule has 0 heterocycles. The Bertz CT molecular complexity index is 166. The number of ketones is 1. The summed E-state index contributed by atoms with van der Waals surface area (Å²) >= 11 is 0. The molecule has 0 fully saturated rings. The van der Waals surface area contributed by atoms with Crippen LogP contribution in [0.2, 0.25) is 0 Å². The van der Waals surface area contributed by atoms with Crippen molar-refractivity contribution in [1.29, 1.82) is 0 Å². The molecular formula is C7H14N2O2. The summed E-state index contributed by atoms with van der Waals surface area (Å²) < 4.78 is 0. The number of Topliss-reactive ketones (excluding diaryl/α,β-unsaturated/α-hetero) is 1. The molecule has 0 aromatic carbocycles. The van der Waals surface area contributed by atoms with Gasteiger partial charge in [-0.2, -0.15) is 0 Å². The Morgan fingerprint density at radius 1 is 1.36 bits per heavy atom. The van der Waals surface area contributed by atoms with Gasteiger partial charge in [-0.1, -0.05) is 13.8 Å². The predicted octanol–water partition coefficient (Wildman–Crippen LogP) is -0.586. The van der Waals surface area contributed by atoms with Crippen LogP contribution >= 0.6 is 0 Å². The molecule has 0 aromatic heterocycles. The average molecular weight is 158 g/mol. The first-order valence-corrected chi connectivity index (χ1v) is 3.52. The van der Waals surface area contributed by atoms with Crippen LogP contribution in [0.4, 0.5) is 0 Å². The number of carbonyl (C=O) groups excluding carboxylic acids is 2. The number of hydrogen-bond acceptors (Lipinski definition) is 3. The number of hydrogen-bond donors (Lipinski definition) is 2. The standard InChI is InChI=1S/C7H14N2O2/c1-4(2)6(10)3-5(8)7(9)11/h4-5H,3,8H2,1-2H3,(H2,9,11). The number of primary amides is 1. The zero-order valence-electron chi connectivity index (χ0n) is 6.83. The van der Waals surface area contributed by atoms with Gasteiger partial charge in [0.15, 0.2) is 0 Å². The fraction of sp³-hybridized carbons (Fsp3) is 0.714. The maximum Gasteiger partial charge on any atom is 0.234 e. The van der Waals surface area contributed by atoms with E-state index in [4.69, 9.17) is 11.5 Å². The molecule has 4 N–H and O–H groups in total. The molecule has 11 heavy (non-hydrogen) atoms. The van der Waals surface area contributed by atoms with Gasteiger partial charge in [-0.15, -0.1) is 0 Å². The van der Waals surface area contributed by atoms with Crippen molar-refractivity contribution in [3.05, 3.63) is 0 Å². The SMILES string of the molecule is CC(C)C(=O)CC(N)C(N)=O. The molecule has 4 nitrogen and oxygen atoms in total. The summed E-state index contributed by atoms with van der Waals surface area (Å²) in [6.07, 6.45) is 0.0486. The van der Waals surface area contributed by atoms with Gasteiger partial charge in [0, 0.05) is 12.3 Å². The van der Waals surface area contributed by atoms with Gasteiger partial charge in [0.05, 0.1) is 6.04 Å².